The van der Waals surface area contributed by atoms with E-state index in [-0.39, 0.29) is 5.91 Å². The molecule has 0 aliphatic heterocycles. The van der Waals surface area contributed by atoms with Gasteiger partial charge in [0, 0.05) is 18.2 Å². The van der Waals surface area contributed by atoms with E-state index >= 15 is 0 Å². The van der Waals surface area contributed by atoms with E-state index in [1.165, 1.54) is 6.07 Å². The molecule has 0 bridgehead atoms. The molecule has 1 aromatic carbocycles. The summed E-state index contributed by atoms with van der Waals surface area (Å²) in [5.41, 5.74) is 0.425. The van der Waals surface area contributed by atoms with Crippen LogP contribution in [0.25, 0.3) is 0 Å². The normalized spacial score (nSPS) is 14.9. The van der Waals surface area contributed by atoms with Gasteiger partial charge in [-0.2, -0.15) is 0 Å². The minimum absolute atomic E-state index is 0.0728. The van der Waals surface area contributed by atoms with Gasteiger partial charge in [-0.1, -0.05) is 0 Å². The molecule has 0 aromatic heterocycles. The summed E-state index contributed by atoms with van der Waals surface area (Å²) in [6.07, 6.45) is 2.14. The van der Waals surface area contributed by atoms with E-state index in [4.69, 9.17) is 0 Å². The van der Waals surface area contributed by atoms with Gasteiger partial charge in [0.25, 0.3) is 5.91 Å². The van der Waals surface area contributed by atoms with Crippen LogP contribution in [-0.2, 0) is 0 Å². The molecule has 16 heavy (non-hydrogen) atoms. The maximum absolute atomic E-state index is 13.3. The van der Waals surface area contributed by atoms with Crippen LogP contribution in [0.15, 0.2) is 22.7 Å². The Bertz CT molecular complexity index is 417. The average molecular weight is 286 g/mol. The minimum atomic E-state index is -0.391. The summed E-state index contributed by atoms with van der Waals surface area (Å²) < 4.78 is 13.7. The molecule has 1 aromatic rings. The number of nitrogens with zero attached hydrogens (tertiary/aromatic N) is 1. The van der Waals surface area contributed by atoms with Crippen LogP contribution in [-0.4, -0.2) is 23.4 Å². The summed E-state index contributed by atoms with van der Waals surface area (Å²) in [7, 11) is 0. The van der Waals surface area contributed by atoms with Gasteiger partial charge in [0.2, 0.25) is 0 Å². The highest BCUT2D eigenvalue weighted by molar-refractivity contribution is 9.10. The second kappa shape index (κ2) is 4.53. The fraction of sp³-hybridized carbons (Fsp3) is 0.417. The molecule has 86 valence electrons. The van der Waals surface area contributed by atoms with Gasteiger partial charge in [-0.3, -0.25) is 4.79 Å². The molecule has 1 fully saturated rings. The topological polar surface area (TPSA) is 20.3 Å². The Morgan fingerprint density at radius 1 is 1.56 bits per heavy atom. The summed E-state index contributed by atoms with van der Waals surface area (Å²) in [5, 5.41) is 0. The molecule has 0 saturated heterocycles. The Morgan fingerprint density at radius 2 is 2.25 bits per heavy atom. The van der Waals surface area contributed by atoms with Crippen molar-refractivity contribution in [3.63, 3.8) is 0 Å². The molecule has 0 unspecified atom stereocenters. The maximum atomic E-state index is 13.3. The molecular formula is C12H13BrFNO. The first kappa shape index (κ1) is 11.6. The molecule has 0 atom stereocenters. The van der Waals surface area contributed by atoms with E-state index in [0.29, 0.717) is 22.6 Å². The van der Waals surface area contributed by atoms with Gasteiger partial charge in [-0.05, 0) is 53.9 Å². The van der Waals surface area contributed by atoms with E-state index in [0.717, 1.165) is 12.8 Å². The van der Waals surface area contributed by atoms with Crippen molar-refractivity contribution in [3.8, 4) is 0 Å². The lowest BCUT2D eigenvalue weighted by Crippen LogP contribution is -2.32. The van der Waals surface area contributed by atoms with E-state index < -0.39 is 5.82 Å². The number of carbonyl (C=O) groups excluding carboxylic acids is 1. The van der Waals surface area contributed by atoms with Crippen LogP contribution >= 0.6 is 15.9 Å². The molecule has 1 aliphatic rings. The van der Waals surface area contributed by atoms with Crippen LogP contribution in [0.3, 0.4) is 0 Å². The van der Waals surface area contributed by atoms with Gasteiger partial charge >= 0.3 is 0 Å². The van der Waals surface area contributed by atoms with Crippen LogP contribution < -0.4 is 0 Å². The highest BCUT2D eigenvalue weighted by Gasteiger charge is 2.31. The smallest absolute Gasteiger partial charge is 0.254 e. The third-order valence-electron chi connectivity index (χ3n) is 2.76. The standard InChI is InChI=1S/C12H13BrFNO/c1-2-15(9-4-5-9)12(16)8-3-6-10(13)11(14)7-8/h3,6-7,9H,2,4-5H2,1H3. The molecule has 1 amide bonds. The van der Waals surface area contributed by atoms with Gasteiger partial charge in [0.15, 0.2) is 0 Å². The van der Waals surface area contributed by atoms with Gasteiger partial charge in [0.05, 0.1) is 4.47 Å². The maximum Gasteiger partial charge on any atom is 0.254 e. The highest BCUT2D eigenvalue weighted by Crippen LogP contribution is 2.28. The summed E-state index contributed by atoms with van der Waals surface area (Å²) >= 11 is 3.07. The number of hydrogen-bond acceptors (Lipinski definition) is 1. The predicted molar refractivity (Wildman–Crippen MR) is 63.8 cm³/mol. The fourth-order valence-corrected chi connectivity index (χ4v) is 2.00. The Kier molecular flexibility index (Phi) is 3.28. The van der Waals surface area contributed by atoms with Gasteiger partial charge in [0.1, 0.15) is 5.82 Å². The first-order chi connectivity index (χ1) is 7.63. The second-order valence-corrected chi connectivity index (χ2v) is 4.81. The number of amides is 1. The van der Waals surface area contributed by atoms with E-state index in [1.807, 2.05) is 11.8 Å². The molecule has 1 aliphatic carbocycles. The zero-order valence-corrected chi connectivity index (χ0v) is 10.6. The van der Waals surface area contributed by atoms with Crippen LogP contribution in [0.5, 0.6) is 0 Å². The molecule has 4 heteroatoms. The van der Waals surface area contributed by atoms with E-state index in [2.05, 4.69) is 15.9 Å². The molecule has 1 saturated carbocycles. The average Bonchev–Trinajstić information content (AvgIpc) is 3.07. The SMILES string of the molecule is CCN(C(=O)c1ccc(Br)c(F)c1)C1CC1. The lowest BCUT2D eigenvalue weighted by Gasteiger charge is -2.20. The lowest BCUT2D eigenvalue weighted by molar-refractivity contribution is 0.0752. The number of carbonyl (C=O) groups is 1. The largest absolute Gasteiger partial charge is 0.336 e. The Balaban J connectivity index is 2.22. The number of halogens is 2. The van der Waals surface area contributed by atoms with Gasteiger partial charge < -0.3 is 4.90 Å². The zero-order valence-electron chi connectivity index (χ0n) is 9.04. The van der Waals surface area contributed by atoms with Crippen LogP contribution in [0, 0.1) is 5.82 Å². The lowest BCUT2D eigenvalue weighted by atomic mass is 10.2. The van der Waals surface area contributed by atoms with Crippen molar-refractivity contribution >= 4 is 21.8 Å². The number of hydrogen-bond donors (Lipinski definition) is 0. The summed E-state index contributed by atoms with van der Waals surface area (Å²) in [5.74, 6) is -0.464. The molecular weight excluding hydrogens is 273 g/mol. The Labute approximate surface area is 103 Å². The highest BCUT2D eigenvalue weighted by atomic mass is 79.9. The van der Waals surface area contributed by atoms with Crippen molar-refractivity contribution in [2.45, 2.75) is 25.8 Å². The first-order valence-electron chi connectivity index (χ1n) is 5.39. The monoisotopic (exact) mass is 285 g/mol. The third-order valence-corrected chi connectivity index (χ3v) is 3.40. The predicted octanol–water partition coefficient (Wildman–Crippen LogP) is 3.21. The van der Waals surface area contributed by atoms with Crippen molar-refractivity contribution in [1.82, 2.24) is 4.90 Å². The summed E-state index contributed by atoms with van der Waals surface area (Å²) in [6, 6.07) is 4.88. The van der Waals surface area contributed by atoms with Crippen molar-refractivity contribution in [1.29, 1.82) is 0 Å². The van der Waals surface area contributed by atoms with Crippen LogP contribution in [0.2, 0.25) is 0 Å². The number of rotatable bonds is 3. The summed E-state index contributed by atoms with van der Waals surface area (Å²) in [6.45, 7) is 2.63. The fourth-order valence-electron chi connectivity index (χ4n) is 1.75. The number of benzene rings is 1. The molecule has 0 heterocycles. The summed E-state index contributed by atoms with van der Waals surface area (Å²) in [4.78, 5) is 13.9. The molecule has 0 N–H and O–H groups in total. The zero-order chi connectivity index (χ0) is 11.7. The minimum Gasteiger partial charge on any atom is -0.336 e. The quantitative estimate of drug-likeness (QED) is 0.835. The van der Waals surface area contributed by atoms with Crippen molar-refractivity contribution in [3.05, 3.63) is 34.1 Å². The van der Waals surface area contributed by atoms with E-state index in [1.54, 1.807) is 12.1 Å². The van der Waals surface area contributed by atoms with Gasteiger partial charge in [-0.25, -0.2) is 4.39 Å². The molecule has 0 spiro atoms. The molecule has 2 nitrogen and oxygen atoms in total. The molecule has 0 radical (unpaired) electrons. The Morgan fingerprint density at radius 3 is 2.75 bits per heavy atom. The Hall–Kier alpha value is -0.900. The third kappa shape index (κ3) is 2.26. The van der Waals surface area contributed by atoms with Crippen molar-refractivity contribution in [2.75, 3.05) is 6.54 Å². The second-order valence-electron chi connectivity index (χ2n) is 3.95. The first-order valence-corrected chi connectivity index (χ1v) is 6.18. The van der Waals surface area contributed by atoms with Crippen LogP contribution in [0.1, 0.15) is 30.1 Å². The van der Waals surface area contributed by atoms with Gasteiger partial charge in [-0.15, -0.1) is 0 Å². The molecule has 2 rings (SSSR count). The van der Waals surface area contributed by atoms with Crippen LogP contribution in [0.4, 0.5) is 4.39 Å². The van der Waals surface area contributed by atoms with Crippen molar-refractivity contribution < 1.29 is 9.18 Å². The van der Waals surface area contributed by atoms with Crippen molar-refractivity contribution in [2.24, 2.45) is 0 Å². The van der Waals surface area contributed by atoms with E-state index in [9.17, 15) is 9.18 Å².